The van der Waals surface area contributed by atoms with Crippen molar-refractivity contribution >= 4 is 23.3 Å². The number of benzene rings is 2. The van der Waals surface area contributed by atoms with E-state index in [0.29, 0.717) is 37.6 Å². The fourth-order valence-electron chi connectivity index (χ4n) is 2.76. The molecule has 1 saturated heterocycles. The number of ether oxygens (including phenoxy) is 1. The molecule has 0 aliphatic carbocycles. The first-order chi connectivity index (χ1) is 13.5. The molecule has 146 valence electrons. The van der Waals surface area contributed by atoms with Gasteiger partial charge in [-0.25, -0.2) is 0 Å². The van der Waals surface area contributed by atoms with E-state index in [9.17, 15) is 20.2 Å². The second-order valence-electron chi connectivity index (χ2n) is 6.04. The second kappa shape index (κ2) is 8.91. The van der Waals surface area contributed by atoms with Gasteiger partial charge < -0.3 is 14.5 Å². The van der Waals surface area contributed by atoms with Gasteiger partial charge in [0.2, 0.25) is 0 Å². The van der Waals surface area contributed by atoms with E-state index in [-0.39, 0.29) is 18.0 Å². The number of oxime groups is 1. The Morgan fingerprint density at radius 1 is 1.07 bits per heavy atom. The van der Waals surface area contributed by atoms with Crippen LogP contribution in [0.15, 0.2) is 47.6 Å². The summed E-state index contributed by atoms with van der Waals surface area (Å²) in [5.41, 5.74) is 1.81. The van der Waals surface area contributed by atoms with Gasteiger partial charge in [0.05, 0.1) is 29.3 Å². The maximum absolute atomic E-state index is 11.4. The normalized spacial score (nSPS) is 14.2. The van der Waals surface area contributed by atoms with Crippen LogP contribution in [0.25, 0.3) is 0 Å². The first-order valence-corrected chi connectivity index (χ1v) is 8.54. The van der Waals surface area contributed by atoms with Crippen molar-refractivity contribution in [1.82, 2.24) is 0 Å². The molecule has 1 aliphatic heterocycles. The Labute approximate surface area is 160 Å². The number of non-ortho nitro benzene ring substituents is 1. The van der Waals surface area contributed by atoms with Gasteiger partial charge >= 0.3 is 0 Å². The highest BCUT2D eigenvalue weighted by molar-refractivity contribution is 5.82. The quantitative estimate of drug-likeness (QED) is 0.407. The molecule has 0 saturated carbocycles. The van der Waals surface area contributed by atoms with Crippen molar-refractivity contribution in [3.63, 3.8) is 0 Å². The summed E-state index contributed by atoms with van der Waals surface area (Å²) in [6.45, 7) is 2.41. The first kappa shape index (κ1) is 19.2. The molecule has 1 aliphatic rings. The van der Waals surface area contributed by atoms with Gasteiger partial charge in [-0.05, 0) is 23.8 Å². The topological polar surface area (TPSA) is 120 Å². The molecule has 2 aromatic carbocycles. The van der Waals surface area contributed by atoms with E-state index in [4.69, 9.17) is 9.57 Å². The number of hydrogen-bond donors (Lipinski definition) is 0. The predicted molar refractivity (Wildman–Crippen MR) is 102 cm³/mol. The standard InChI is InChI=1S/C18H18N4O6/c23-21(24)16-4-1-14(2-5-16)13-28-19-12-15-3-6-17(18(11-15)22(25)26)20-7-9-27-10-8-20/h1-6,11-12H,7-10,13H2/b19-12-. The highest BCUT2D eigenvalue weighted by Gasteiger charge is 2.21. The Morgan fingerprint density at radius 3 is 2.43 bits per heavy atom. The zero-order valence-electron chi connectivity index (χ0n) is 14.9. The van der Waals surface area contributed by atoms with Crippen LogP contribution >= 0.6 is 0 Å². The first-order valence-electron chi connectivity index (χ1n) is 8.54. The smallest absolute Gasteiger partial charge is 0.293 e. The molecule has 0 N–H and O–H groups in total. The van der Waals surface area contributed by atoms with E-state index >= 15 is 0 Å². The highest BCUT2D eigenvalue weighted by atomic mass is 16.6. The minimum atomic E-state index is -0.476. The number of nitro groups is 2. The lowest BCUT2D eigenvalue weighted by atomic mass is 10.1. The lowest BCUT2D eigenvalue weighted by Crippen LogP contribution is -2.36. The highest BCUT2D eigenvalue weighted by Crippen LogP contribution is 2.29. The maximum atomic E-state index is 11.4. The largest absolute Gasteiger partial charge is 0.391 e. The third-order valence-corrected chi connectivity index (χ3v) is 4.20. The summed E-state index contributed by atoms with van der Waals surface area (Å²) in [7, 11) is 0. The third-order valence-electron chi connectivity index (χ3n) is 4.20. The van der Waals surface area contributed by atoms with Gasteiger partial charge in [0.1, 0.15) is 12.3 Å². The molecule has 1 fully saturated rings. The molecule has 0 aromatic heterocycles. The maximum Gasteiger partial charge on any atom is 0.293 e. The summed E-state index contributed by atoms with van der Waals surface area (Å²) in [5.74, 6) is 0. The molecular formula is C18H18N4O6. The van der Waals surface area contributed by atoms with Crippen molar-refractivity contribution in [2.24, 2.45) is 5.16 Å². The number of morpholine rings is 1. The Balaban J connectivity index is 1.64. The molecule has 0 unspecified atom stereocenters. The Hall–Kier alpha value is -3.53. The van der Waals surface area contributed by atoms with Crippen molar-refractivity contribution < 1.29 is 19.4 Å². The van der Waals surface area contributed by atoms with Crippen LogP contribution < -0.4 is 4.90 Å². The predicted octanol–water partition coefficient (Wildman–Crippen LogP) is 2.89. The molecule has 0 radical (unpaired) electrons. The molecule has 0 amide bonds. The Bertz CT molecular complexity index is 878. The van der Waals surface area contributed by atoms with E-state index in [1.165, 1.54) is 24.4 Å². The number of hydrogen-bond acceptors (Lipinski definition) is 8. The van der Waals surface area contributed by atoms with Crippen LogP contribution in [-0.2, 0) is 16.2 Å². The van der Waals surface area contributed by atoms with E-state index in [0.717, 1.165) is 5.56 Å². The molecule has 2 aromatic rings. The van der Waals surface area contributed by atoms with Crippen molar-refractivity contribution in [2.45, 2.75) is 6.61 Å². The molecule has 10 heteroatoms. The van der Waals surface area contributed by atoms with E-state index in [1.807, 2.05) is 4.90 Å². The van der Waals surface area contributed by atoms with Crippen molar-refractivity contribution in [1.29, 1.82) is 0 Å². The number of nitrogens with zero attached hydrogens (tertiary/aromatic N) is 4. The zero-order valence-corrected chi connectivity index (χ0v) is 14.9. The molecule has 0 bridgehead atoms. The average Bonchev–Trinajstić information content (AvgIpc) is 2.72. The zero-order chi connectivity index (χ0) is 19.9. The third kappa shape index (κ3) is 4.80. The van der Waals surface area contributed by atoms with Gasteiger partial charge in [0.25, 0.3) is 11.4 Å². The van der Waals surface area contributed by atoms with Crippen LogP contribution in [0.5, 0.6) is 0 Å². The summed E-state index contributed by atoms with van der Waals surface area (Å²) in [4.78, 5) is 28.3. The van der Waals surface area contributed by atoms with Gasteiger partial charge in [-0.3, -0.25) is 20.2 Å². The monoisotopic (exact) mass is 386 g/mol. The molecule has 0 spiro atoms. The van der Waals surface area contributed by atoms with Crippen LogP contribution in [0.2, 0.25) is 0 Å². The number of anilines is 1. The Kier molecular flexibility index (Phi) is 6.12. The minimum absolute atomic E-state index is 0.0000754. The van der Waals surface area contributed by atoms with Crippen molar-refractivity contribution in [3.8, 4) is 0 Å². The van der Waals surface area contributed by atoms with E-state index in [2.05, 4.69) is 5.16 Å². The fourth-order valence-corrected chi connectivity index (χ4v) is 2.76. The molecule has 10 nitrogen and oxygen atoms in total. The molecule has 1 heterocycles. The van der Waals surface area contributed by atoms with Crippen LogP contribution in [0.4, 0.5) is 17.1 Å². The van der Waals surface area contributed by atoms with Gasteiger partial charge in [-0.15, -0.1) is 0 Å². The number of nitro benzene ring substituents is 2. The van der Waals surface area contributed by atoms with Crippen LogP contribution in [0, 0.1) is 20.2 Å². The lowest BCUT2D eigenvalue weighted by molar-refractivity contribution is -0.384. The number of rotatable bonds is 7. The van der Waals surface area contributed by atoms with Gasteiger partial charge in [-0.2, -0.15) is 0 Å². The summed E-state index contributed by atoms with van der Waals surface area (Å²) < 4.78 is 5.28. The molecule has 28 heavy (non-hydrogen) atoms. The second-order valence-corrected chi connectivity index (χ2v) is 6.04. The van der Waals surface area contributed by atoms with E-state index < -0.39 is 9.85 Å². The summed E-state index contributed by atoms with van der Waals surface area (Å²) in [5, 5.41) is 25.9. The molecular weight excluding hydrogens is 368 g/mol. The van der Waals surface area contributed by atoms with Crippen molar-refractivity contribution in [3.05, 3.63) is 73.8 Å². The summed E-state index contributed by atoms with van der Waals surface area (Å²) >= 11 is 0. The lowest BCUT2D eigenvalue weighted by Gasteiger charge is -2.28. The van der Waals surface area contributed by atoms with Crippen molar-refractivity contribution in [2.75, 3.05) is 31.2 Å². The SMILES string of the molecule is O=[N+]([O-])c1ccc(CO/N=C\c2ccc(N3CCOCC3)c([N+](=O)[O-])c2)cc1. The fraction of sp³-hybridized carbons (Fsp3) is 0.278. The Morgan fingerprint density at radius 2 is 1.79 bits per heavy atom. The van der Waals surface area contributed by atoms with E-state index in [1.54, 1.807) is 24.3 Å². The van der Waals surface area contributed by atoms with Gasteiger partial charge in [0.15, 0.2) is 0 Å². The molecule has 3 rings (SSSR count). The summed E-state index contributed by atoms with van der Waals surface area (Å²) in [6.07, 6.45) is 1.39. The van der Waals surface area contributed by atoms with Crippen LogP contribution in [0.3, 0.4) is 0 Å². The summed E-state index contributed by atoms with van der Waals surface area (Å²) in [6, 6.07) is 10.8. The minimum Gasteiger partial charge on any atom is -0.391 e. The average molecular weight is 386 g/mol. The van der Waals surface area contributed by atoms with Crippen LogP contribution in [-0.4, -0.2) is 42.4 Å². The van der Waals surface area contributed by atoms with Gasteiger partial charge in [0, 0.05) is 36.9 Å². The molecule has 0 atom stereocenters. The van der Waals surface area contributed by atoms with Gasteiger partial charge in [-0.1, -0.05) is 11.2 Å². The van der Waals surface area contributed by atoms with Crippen LogP contribution in [0.1, 0.15) is 11.1 Å².